The van der Waals surface area contributed by atoms with Crippen molar-refractivity contribution >= 4 is 35.1 Å². The Labute approximate surface area is 199 Å². The standard InChI is InChI=1S/C25H20ClF2NO5/c1-32-23-14-16(6-12-21(30)17-8-10-18(11-9-17)34-25(27)28)7-13-22(23)33-15-24(31)29-20-5-3-2-4-19(20)26/h2-14,25H,15H2,1H3,(H,29,31)/b12-6+. The molecule has 1 N–H and O–H groups in total. The van der Waals surface area contributed by atoms with Crippen LogP contribution in [0.3, 0.4) is 0 Å². The highest BCUT2D eigenvalue weighted by molar-refractivity contribution is 6.33. The van der Waals surface area contributed by atoms with E-state index in [0.29, 0.717) is 33.3 Å². The fourth-order valence-corrected chi connectivity index (χ4v) is 3.05. The number of para-hydroxylation sites is 1. The highest BCUT2D eigenvalue weighted by Crippen LogP contribution is 2.29. The van der Waals surface area contributed by atoms with Crippen LogP contribution in [-0.2, 0) is 4.79 Å². The molecule has 1 amide bonds. The van der Waals surface area contributed by atoms with E-state index in [0.717, 1.165) is 0 Å². The van der Waals surface area contributed by atoms with Gasteiger partial charge in [0.2, 0.25) is 0 Å². The van der Waals surface area contributed by atoms with Gasteiger partial charge in [-0.25, -0.2) is 0 Å². The Morgan fingerprint density at radius 1 is 1.03 bits per heavy atom. The minimum atomic E-state index is -2.93. The summed E-state index contributed by atoms with van der Waals surface area (Å²) in [6.07, 6.45) is 2.91. The van der Waals surface area contributed by atoms with Crippen molar-refractivity contribution in [2.45, 2.75) is 6.61 Å². The number of hydrogen-bond donors (Lipinski definition) is 1. The van der Waals surface area contributed by atoms with Gasteiger partial charge >= 0.3 is 6.61 Å². The summed E-state index contributed by atoms with van der Waals surface area (Å²) in [5.74, 6) is -0.0335. The first-order valence-corrected chi connectivity index (χ1v) is 10.4. The summed E-state index contributed by atoms with van der Waals surface area (Å²) in [5.41, 5.74) is 1.44. The van der Waals surface area contributed by atoms with Crippen molar-refractivity contribution in [1.82, 2.24) is 0 Å². The van der Waals surface area contributed by atoms with Crippen LogP contribution in [0.15, 0.2) is 72.8 Å². The molecule has 0 saturated heterocycles. The van der Waals surface area contributed by atoms with Gasteiger partial charge in [-0.1, -0.05) is 35.9 Å². The average Bonchev–Trinajstić information content (AvgIpc) is 2.83. The molecular formula is C25H20ClF2NO5. The van der Waals surface area contributed by atoms with Gasteiger partial charge in [-0.3, -0.25) is 9.59 Å². The van der Waals surface area contributed by atoms with Crippen LogP contribution in [0.1, 0.15) is 15.9 Å². The van der Waals surface area contributed by atoms with Crippen LogP contribution in [-0.4, -0.2) is 32.0 Å². The van der Waals surface area contributed by atoms with Crippen molar-refractivity contribution < 1.29 is 32.6 Å². The number of nitrogens with one attached hydrogen (secondary N) is 1. The Bertz CT molecular complexity index is 1180. The lowest BCUT2D eigenvalue weighted by atomic mass is 10.1. The van der Waals surface area contributed by atoms with E-state index in [2.05, 4.69) is 10.1 Å². The molecule has 0 saturated carbocycles. The zero-order chi connectivity index (χ0) is 24.5. The van der Waals surface area contributed by atoms with Crippen molar-refractivity contribution in [2.24, 2.45) is 0 Å². The van der Waals surface area contributed by atoms with Gasteiger partial charge in [0.25, 0.3) is 5.91 Å². The van der Waals surface area contributed by atoms with E-state index >= 15 is 0 Å². The van der Waals surface area contributed by atoms with Crippen molar-refractivity contribution in [3.8, 4) is 17.2 Å². The fourth-order valence-electron chi connectivity index (χ4n) is 2.87. The van der Waals surface area contributed by atoms with Gasteiger partial charge in [-0.05, 0) is 60.2 Å². The van der Waals surface area contributed by atoms with E-state index in [1.165, 1.54) is 37.5 Å². The SMILES string of the molecule is COc1cc(/C=C/C(=O)c2ccc(OC(F)F)cc2)ccc1OCC(=O)Nc1ccccc1Cl. The number of methoxy groups -OCH3 is 1. The number of carbonyl (C=O) groups is 2. The first-order chi connectivity index (χ1) is 16.4. The molecule has 0 aliphatic heterocycles. The van der Waals surface area contributed by atoms with Crippen LogP contribution in [0.2, 0.25) is 5.02 Å². The number of ether oxygens (including phenoxy) is 3. The molecule has 0 spiro atoms. The van der Waals surface area contributed by atoms with Crippen molar-refractivity contribution in [3.63, 3.8) is 0 Å². The molecule has 0 aliphatic rings. The lowest BCUT2D eigenvalue weighted by Gasteiger charge is -2.12. The van der Waals surface area contributed by atoms with Crippen molar-refractivity contribution in [3.05, 3.63) is 89.0 Å². The number of ketones is 1. The third-order valence-electron chi connectivity index (χ3n) is 4.49. The third-order valence-corrected chi connectivity index (χ3v) is 4.82. The number of carbonyl (C=O) groups excluding carboxylic acids is 2. The molecule has 9 heteroatoms. The normalized spacial score (nSPS) is 10.9. The monoisotopic (exact) mass is 487 g/mol. The number of rotatable bonds is 10. The van der Waals surface area contributed by atoms with Crippen LogP contribution in [0, 0.1) is 0 Å². The Morgan fingerprint density at radius 3 is 2.44 bits per heavy atom. The molecule has 0 radical (unpaired) electrons. The first-order valence-electron chi connectivity index (χ1n) is 9.98. The molecule has 176 valence electrons. The quantitative estimate of drug-likeness (QED) is 0.286. The number of allylic oxidation sites excluding steroid dienone is 1. The van der Waals surface area contributed by atoms with E-state index in [1.54, 1.807) is 48.5 Å². The smallest absolute Gasteiger partial charge is 0.387 e. The Hall–Kier alpha value is -3.91. The molecule has 34 heavy (non-hydrogen) atoms. The molecule has 3 aromatic carbocycles. The number of benzene rings is 3. The van der Waals surface area contributed by atoms with Crippen molar-refractivity contribution in [1.29, 1.82) is 0 Å². The number of hydrogen-bond acceptors (Lipinski definition) is 5. The Balaban J connectivity index is 1.60. The molecule has 0 atom stereocenters. The molecular weight excluding hydrogens is 468 g/mol. The lowest BCUT2D eigenvalue weighted by Crippen LogP contribution is -2.20. The summed E-state index contributed by atoms with van der Waals surface area (Å²) >= 11 is 6.03. The van der Waals surface area contributed by atoms with E-state index in [1.807, 2.05) is 0 Å². The summed E-state index contributed by atoms with van der Waals surface area (Å²) in [4.78, 5) is 24.5. The Morgan fingerprint density at radius 2 is 1.76 bits per heavy atom. The van der Waals surface area contributed by atoms with Gasteiger partial charge in [-0.15, -0.1) is 0 Å². The Kier molecular flexibility index (Phi) is 8.59. The van der Waals surface area contributed by atoms with E-state index in [-0.39, 0.29) is 18.1 Å². The van der Waals surface area contributed by atoms with E-state index in [4.69, 9.17) is 21.1 Å². The predicted octanol–water partition coefficient (Wildman–Crippen LogP) is 5.86. The van der Waals surface area contributed by atoms with Crippen molar-refractivity contribution in [2.75, 3.05) is 19.0 Å². The maximum atomic E-state index is 12.3. The number of halogens is 3. The predicted molar refractivity (Wildman–Crippen MR) is 125 cm³/mol. The summed E-state index contributed by atoms with van der Waals surface area (Å²) in [6.45, 7) is -3.19. The van der Waals surface area contributed by atoms with Gasteiger partial charge < -0.3 is 19.5 Å². The molecule has 0 bridgehead atoms. The summed E-state index contributed by atoms with van der Waals surface area (Å²) < 4.78 is 39.6. The van der Waals surface area contributed by atoms with Crippen LogP contribution in [0.5, 0.6) is 17.2 Å². The zero-order valence-electron chi connectivity index (χ0n) is 18.0. The summed E-state index contributed by atoms with van der Waals surface area (Å²) in [5, 5.41) is 3.07. The maximum Gasteiger partial charge on any atom is 0.387 e. The zero-order valence-corrected chi connectivity index (χ0v) is 18.7. The molecule has 0 unspecified atom stereocenters. The topological polar surface area (TPSA) is 73.9 Å². The van der Waals surface area contributed by atoms with Crippen LogP contribution in [0.25, 0.3) is 6.08 Å². The van der Waals surface area contributed by atoms with Gasteiger partial charge in [0.1, 0.15) is 5.75 Å². The second-order valence-corrected chi connectivity index (χ2v) is 7.23. The minimum absolute atomic E-state index is 0.0311. The summed E-state index contributed by atoms with van der Waals surface area (Å²) in [6, 6.07) is 17.2. The number of alkyl halides is 2. The number of anilines is 1. The second-order valence-electron chi connectivity index (χ2n) is 6.83. The molecule has 3 rings (SSSR count). The average molecular weight is 488 g/mol. The molecule has 0 heterocycles. The van der Waals surface area contributed by atoms with Crippen LogP contribution in [0.4, 0.5) is 14.5 Å². The molecule has 0 fully saturated rings. The summed E-state index contributed by atoms with van der Waals surface area (Å²) in [7, 11) is 1.45. The largest absolute Gasteiger partial charge is 0.493 e. The van der Waals surface area contributed by atoms with E-state index in [9.17, 15) is 18.4 Å². The third kappa shape index (κ3) is 7.05. The van der Waals surface area contributed by atoms with E-state index < -0.39 is 12.5 Å². The molecule has 0 aromatic heterocycles. The van der Waals surface area contributed by atoms with Gasteiger partial charge in [0, 0.05) is 5.56 Å². The molecule has 0 aliphatic carbocycles. The van der Waals surface area contributed by atoms with Gasteiger partial charge in [0.15, 0.2) is 23.9 Å². The maximum absolute atomic E-state index is 12.3. The minimum Gasteiger partial charge on any atom is -0.493 e. The molecule has 3 aromatic rings. The van der Waals surface area contributed by atoms with Gasteiger partial charge in [-0.2, -0.15) is 8.78 Å². The highest BCUT2D eigenvalue weighted by Gasteiger charge is 2.10. The highest BCUT2D eigenvalue weighted by atomic mass is 35.5. The fraction of sp³-hybridized carbons (Fsp3) is 0.120. The van der Waals surface area contributed by atoms with Gasteiger partial charge in [0.05, 0.1) is 17.8 Å². The second kappa shape index (κ2) is 11.8. The first kappa shape index (κ1) is 24.7. The lowest BCUT2D eigenvalue weighted by molar-refractivity contribution is -0.118. The number of amides is 1. The molecule has 6 nitrogen and oxygen atoms in total. The van der Waals surface area contributed by atoms with Crippen LogP contribution >= 0.6 is 11.6 Å². The van der Waals surface area contributed by atoms with Crippen LogP contribution < -0.4 is 19.5 Å².